The summed E-state index contributed by atoms with van der Waals surface area (Å²) in [5.41, 5.74) is 3.25. The largest absolute Gasteiger partial charge is 0.480 e. The number of pyridine rings is 1. The third-order valence-corrected chi connectivity index (χ3v) is 3.86. The summed E-state index contributed by atoms with van der Waals surface area (Å²) in [6.45, 7) is 6.42. The summed E-state index contributed by atoms with van der Waals surface area (Å²) in [6.07, 6.45) is 4.16. The number of carboxylic acids is 1. The molecule has 2 aromatic heterocycles. The molecule has 0 atom stereocenters. The average Bonchev–Trinajstić information content (AvgIpc) is 2.82. The maximum absolute atomic E-state index is 10.7. The van der Waals surface area contributed by atoms with Crippen LogP contribution in [0.15, 0.2) is 24.5 Å². The molecule has 1 aliphatic rings. The molecule has 3 heterocycles. The summed E-state index contributed by atoms with van der Waals surface area (Å²) < 4.78 is 2.06. The summed E-state index contributed by atoms with van der Waals surface area (Å²) in [5, 5.41) is 8.80. The quantitative estimate of drug-likeness (QED) is 0.903. The Hall–Kier alpha value is -1.92. The van der Waals surface area contributed by atoms with Gasteiger partial charge in [0.25, 0.3) is 0 Å². The molecule has 2 aromatic rings. The van der Waals surface area contributed by atoms with Crippen molar-refractivity contribution in [2.75, 3.05) is 32.7 Å². The fraction of sp³-hybridized carbons (Fsp3) is 0.467. The molecule has 1 aliphatic heterocycles. The van der Waals surface area contributed by atoms with Gasteiger partial charge in [-0.15, -0.1) is 0 Å². The lowest BCUT2D eigenvalue weighted by molar-refractivity contribution is -0.138. The van der Waals surface area contributed by atoms with E-state index in [1.54, 1.807) is 0 Å². The minimum absolute atomic E-state index is 0.140. The first-order valence-corrected chi connectivity index (χ1v) is 7.21. The number of hydrogen-bond donors (Lipinski definition) is 1. The van der Waals surface area contributed by atoms with Gasteiger partial charge >= 0.3 is 5.97 Å². The molecule has 6 heteroatoms. The second-order valence-electron chi connectivity index (χ2n) is 5.65. The lowest BCUT2D eigenvalue weighted by atomic mass is 10.3. The zero-order valence-corrected chi connectivity index (χ0v) is 12.2. The average molecular weight is 288 g/mol. The minimum Gasteiger partial charge on any atom is -0.480 e. The van der Waals surface area contributed by atoms with Gasteiger partial charge in [-0.3, -0.25) is 14.6 Å². The molecule has 0 saturated carbocycles. The van der Waals surface area contributed by atoms with Gasteiger partial charge in [-0.25, -0.2) is 4.98 Å². The Kier molecular flexibility index (Phi) is 3.90. The molecule has 0 spiro atoms. The fourth-order valence-electron chi connectivity index (χ4n) is 2.76. The lowest BCUT2D eigenvalue weighted by Crippen LogP contribution is -2.47. The summed E-state index contributed by atoms with van der Waals surface area (Å²) in [5.74, 6) is -0.751. The summed E-state index contributed by atoms with van der Waals surface area (Å²) in [7, 11) is 0. The molecule has 0 radical (unpaired) electrons. The van der Waals surface area contributed by atoms with E-state index in [0.717, 1.165) is 44.1 Å². The zero-order valence-electron chi connectivity index (χ0n) is 12.2. The van der Waals surface area contributed by atoms with E-state index >= 15 is 0 Å². The van der Waals surface area contributed by atoms with Crippen LogP contribution in [-0.2, 0) is 11.3 Å². The molecule has 1 fully saturated rings. The first-order valence-electron chi connectivity index (χ1n) is 7.21. The number of imidazole rings is 1. The molecule has 1 N–H and O–H groups in total. The Morgan fingerprint density at radius 2 is 1.90 bits per heavy atom. The van der Waals surface area contributed by atoms with E-state index in [9.17, 15) is 4.79 Å². The van der Waals surface area contributed by atoms with E-state index in [1.807, 2.05) is 11.0 Å². The number of piperazine rings is 1. The van der Waals surface area contributed by atoms with Gasteiger partial charge in [0.2, 0.25) is 0 Å². The second kappa shape index (κ2) is 5.83. The number of nitrogens with zero attached hydrogens (tertiary/aromatic N) is 4. The van der Waals surface area contributed by atoms with Crippen molar-refractivity contribution in [1.82, 2.24) is 19.2 Å². The van der Waals surface area contributed by atoms with Gasteiger partial charge in [0.05, 0.1) is 12.2 Å². The van der Waals surface area contributed by atoms with Gasteiger partial charge in [-0.2, -0.15) is 0 Å². The second-order valence-corrected chi connectivity index (χ2v) is 5.65. The maximum atomic E-state index is 10.7. The topological polar surface area (TPSA) is 61.1 Å². The number of carbonyl (C=O) groups is 1. The van der Waals surface area contributed by atoms with Crippen molar-refractivity contribution in [3.8, 4) is 0 Å². The van der Waals surface area contributed by atoms with Crippen molar-refractivity contribution in [3.05, 3.63) is 35.8 Å². The predicted molar refractivity (Wildman–Crippen MR) is 79.3 cm³/mol. The molecule has 0 aromatic carbocycles. The van der Waals surface area contributed by atoms with E-state index in [0.29, 0.717) is 0 Å². The highest BCUT2D eigenvalue weighted by Gasteiger charge is 2.19. The zero-order chi connectivity index (χ0) is 14.8. The Morgan fingerprint density at radius 3 is 2.62 bits per heavy atom. The highest BCUT2D eigenvalue weighted by molar-refractivity contribution is 5.69. The van der Waals surface area contributed by atoms with Crippen molar-refractivity contribution < 1.29 is 9.90 Å². The Morgan fingerprint density at radius 1 is 1.19 bits per heavy atom. The SMILES string of the molecule is Cc1ccc2nc(CN3CCN(CC(=O)O)CC3)cn2c1. The summed E-state index contributed by atoms with van der Waals surface area (Å²) in [6, 6.07) is 4.10. The molecule has 21 heavy (non-hydrogen) atoms. The number of fused-ring (bicyclic) bond motifs is 1. The van der Waals surface area contributed by atoms with Gasteiger partial charge in [0.15, 0.2) is 0 Å². The van der Waals surface area contributed by atoms with Gasteiger partial charge in [0.1, 0.15) is 5.65 Å². The first-order chi connectivity index (χ1) is 10.1. The number of aromatic nitrogens is 2. The highest BCUT2D eigenvalue weighted by atomic mass is 16.4. The summed E-state index contributed by atoms with van der Waals surface area (Å²) in [4.78, 5) is 19.6. The molecule has 0 bridgehead atoms. The molecule has 0 aliphatic carbocycles. The van der Waals surface area contributed by atoms with Crippen LogP contribution < -0.4 is 0 Å². The van der Waals surface area contributed by atoms with Crippen molar-refractivity contribution in [3.63, 3.8) is 0 Å². The van der Waals surface area contributed by atoms with Crippen LogP contribution >= 0.6 is 0 Å². The number of carboxylic acid groups (broad SMARTS) is 1. The third kappa shape index (κ3) is 3.40. The number of rotatable bonds is 4. The molecular weight excluding hydrogens is 268 g/mol. The molecule has 6 nitrogen and oxygen atoms in total. The Labute approximate surface area is 123 Å². The predicted octanol–water partition coefficient (Wildman–Crippen LogP) is 0.845. The first kappa shape index (κ1) is 14.0. The monoisotopic (exact) mass is 288 g/mol. The van der Waals surface area contributed by atoms with E-state index in [1.165, 1.54) is 5.56 Å². The van der Waals surface area contributed by atoms with Gasteiger partial charge < -0.3 is 9.51 Å². The smallest absolute Gasteiger partial charge is 0.317 e. The molecule has 0 amide bonds. The van der Waals surface area contributed by atoms with Crippen molar-refractivity contribution in [2.45, 2.75) is 13.5 Å². The minimum atomic E-state index is -0.751. The van der Waals surface area contributed by atoms with E-state index < -0.39 is 5.97 Å². The van der Waals surface area contributed by atoms with Gasteiger partial charge in [-0.05, 0) is 18.6 Å². The third-order valence-electron chi connectivity index (χ3n) is 3.86. The van der Waals surface area contributed by atoms with Crippen molar-refractivity contribution in [1.29, 1.82) is 0 Å². The Bertz CT molecular complexity index is 644. The van der Waals surface area contributed by atoms with Crippen molar-refractivity contribution in [2.24, 2.45) is 0 Å². The number of aliphatic carboxylic acids is 1. The Balaban J connectivity index is 1.60. The van der Waals surface area contributed by atoms with E-state index in [2.05, 4.69) is 39.7 Å². The standard InChI is InChI=1S/C15H20N4O2/c1-12-2-3-14-16-13(10-19(14)8-12)9-17-4-6-18(7-5-17)11-15(20)21/h2-3,8,10H,4-7,9,11H2,1H3,(H,20,21). The van der Waals surface area contributed by atoms with Crippen LogP contribution in [0.1, 0.15) is 11.3 Å². The van der Waals surface area contributed by atoms with Crippen LogP contribution in [0.4, 0.5) is 0 Å². The van der Waals surface area contributed by atoms with E-state index in [-0.39, 0.29) is 6.54 Å². The van der Waals surface area contributed by atoms with Crippen LogP contribution in [0.3, 0.4) is 0 Å². The highest BCUT2D eigenvalue weighted by Crippen LogP contribution is 2.11. The van der Waals surface area contributed by atoms with Crippen LogP contribution in [0, 0.1) is 6.92 Å². The van der Waals surface area contributed by atoms with E-state index in [4.69, 9.17) is 5.11 Å². The molecule has 0 unspecified atom stereocenters. The molecular formula is C15H20N4O2. The van der Waals surface area contributed by atoms with Crippen LogP contribution in [0.5, 0.6) is 0 Å². The van der Waals surface area contributed by atoms with Crippen LogP contribution in [0.2, 0.25) is 0 Å². The van der Waals surface area contributed by atoms with Crippen LogP contribution in [0.25, 0.3) is 5.65 Å². The van der Waals surface area contributed by atoms with Crippen LogP contribution in [-0.4, -0.2) is 63.0 Å². The molecule has 1 saturated heterocycles. The van der Waals surface area contributed by atoms with Crippen molar-refractivity contribution >= 4 is 11.6 Å². The normalized spacial score (nSPS) is 17.4. The lowest BCUT2D eigenvalue weighted by Gasteiger charge is -2.33. The summed E-state index contributed by atoms with van der Waals surface area (Å²) >= 11 is 0. The molecule has 3 rings (SSSR count). The number of aryl methyl sites for hydroxylation is 1. The number of hydrogen-bond acceptors (Lipinski definition) is 4. The van der Waals surface area contributed by atoms with Gasteiger partial charge in [0, 0.05) is 45.1 Å². The fourth-order valence-corrected chi connectivity index (χ4v) is 2.76. The molecule has 112 valence electrons. The maximum Gasteiger partial charge on any atom is 0.317 e. The van der Waals surface area contributed by atoms with Gasteiger partial charge in [-0.1, -0.05) is 6.07 Å².